The lowest BCUT2D eigenvalue weighted by Gasteiger charge is -2.14. The summed E-state index contributed by atoms with van der Waals surface area (Å²) in [6, 6.07) is 21.5. The largest absolute Gasteiger partial charge is 0.489 e. The first-order valence-electron chi connectivity index (χ1n) is 9.01. The molecule has 0 unspecified atom stereocenters. The molecule has 3 aromatic rings. The summed E-state index contributed by atoms with van der Waals surface area (Å²) in [5, 5.41) is -0.0613. The average Bonchev–Trinajstić information content (AvgIpc) is 3.02. The topological polar surface area (TPSA) is 29.5 Å². The Bertz CT molecular complexity index is 1150. The Hall–Kier alpha value is -2.67. The summed E-state index contributed by atoms with van der Waals surface area (Å²) < 4.78 is 19.7. The van der Waals surface area contributed by atoms with Crippen molar-refractivity contribution in [2.75, 3.05) is 4.90 Å². The zero-order chi connectivity index (χ0) is 21.1. The number of thioether (sulfide) groups is 1. The molecular formula is C23H15ClFNO2S2. The molecule has 0 radical (unpaired) electrons. The van der Waals surface area contributed by atoms with Crippen LogP contribution in [-0.2, 0) is 11.4 Å². The van der Waals surface area contributed by atoms with Crippen LogP contribution in [0.2, 0.25) is 5.02 Å². The van der Waals surface area contributed by atoms with Crippen LogP contribution < -0.4 is 9.64 Å². The fraction of sp³-hybridized carbons (Fsp3) is 0.0435. The minimum Gasteiger partial charge on any atom is -0.489 e. The van der Waals surface area contributed by atoms with Gasteiger partial charge in [0.15, 0.2) is 4.32 Å². The predicted molar refractivity (Wildman–Crippen MR) is 124 cm³/mol. The Morgan fingerprint density at radius 3 is 2.63 bits per heavy atom. The van der Waals surface area contributed by atoms with E-state index in [1.54, 1.807) is 6.08 Å². The highest BCUT2D eigenvalue weighted by molar-refractivity contribution is 8.27. The van der Waals surface area contributed by atoms with Gasteiger partial charge in [-0.1, -0.05) is 78.0 Å². The minimum atomic E-state index is -0.547. The molecule has 1 aliphatic rings. The third kappa shape index (κ3) is 4.56. The number of hydrogen-bond donors (Lipinski definition) is 0. The summed E-state index contributed by atoms with van der Waals surface area (Å²) in [5.41, 5.74) is 2.33. The first kappa shape index (κ1) is 20.6. The van der Waals surface area contributed by atoms with E-state index in [0.29, 0.717) is 27.3 Å². The second kappa shape index (κ2) is 9.00. The van der Waals surface area contributed by atoms with Crippen LogP contribution in [0, 0.1) is 5.82 Å². The van der Waals surface area contributed by atoms with E-state index in [4.69, 9.17) is 28.6 Å². The van der Waals surface area contributed by atoms with E-state index in [1.165, 1.54) is 34.9 Å². The van der Waals surface area contributed by atoms with Gasteiger partial charge >= 0.3 is 0 Å². The molecule has 0 atom stereocenters. The Kier molecular flexibility index (Phi) is 6.18. The Morgan fingerprint density at radius 2 is 1.87 bits per heavy atom. The Morgan fingerprint density at radius 1 is 1.07 bits per heavy atom. The number of carbonyl (C=O) groups is 1. The van der Waals surface area contributed by atoms with Crippen LogP contribution in [0.25, 0.3) is 6.08 Å². The van der Waals surface area contributed by atoms with Crippen molar-refractivity contribution in [1.29, 1.82) is 0 Å². The summed E-state index contributed by atoms with van der Waals surface area (Å²) in [5.74, 6) is -0.120. The van der Waals surface area contributed by atoms with Gasteiger partial charge in [0.05, 0.1) is 15.6 Å². The maximum atomic E-state index is 13.5. The number of anilines is 1. The predicted octanol–water partition coefficient (Wildman–Crippen LogP) is 6.46. The van der Waals surface area contributed by atoms with Crippen LogP contribution in [0.4, 0.5) is 10.1 Å². The van der Waals surface area contributed by atoms with Crippen LogP contribution in [-0.4, -0.2) is 10.2 Å². The van der Waals surface area contributed by atoms with Crippen LogP contribution in [0.5, 0.6) is 5.75 Å². The van der Waals surface area contributed by atoms with Crippen LogP contribution in [0.1, 0.15) is 11.1 Å². The van der Waals surface area contributed by atoms with E-state index >= 15 is 0 Å². The fourth-order valence-electron chi connectivity index (χ4n) is 2.90. The van der Waals surface area contributed by atoms with Gasteiger partial charge in [0, 0.05) is 0 Å². The lowest BCUT2D eigenvalue weighted by Crippen LogP contribution is -2.27. The van der Waals surface area contributed by atoms with Gasteiger partial charge in [0.25, 0.3) is 5.91 Å². The van der Waals surface area contributed by atoms with Crippen molar-refractivity contribution in [3.63, 3.8) is 0 Å². The molecule has 0 aromatic heterocycles. The first-order valence-corrected chi connectivity index (χ1v) is 10.6. The second-order valence-electron chi connectivity index (χ2n) is 6.46. The summed E-state index contributed by atoms with van der Waals surface area (Å²) in [6.07, 6.45) is 1.76. The molecule has 4 rings (SSSR count). The molecule has 0 saturated carbocycles. The third-order valence-electron chi connectivity index (χ3n) is 4.36. The average molecular weight is 456 g/mol. The number of rotatable bonds is 5. The standard InChI is InChI=1S/C23H15ClFNO2S2/c24-19-13-17(9-10-20(19)25)26-22(27)21(30-23(26)29)12-16-7-4-8-18(11-16)28-14-15-5-2-1-3-6-15/h1-13H,14H2/b21-12+. The highest BCUT2D eigenvalue weighted by atomic mass is 35.5. The molecular weight excluding hydrogens is 441 g/mol. The first-order chi connectivity index (χ1) is 14.5. The monoisotopic (exact) mass is 455 g/mol. The smallest absolute Gasteiger partial charge is 0.270 e. The van der Waals surface area contributed by atoms with Crippen molar-refractivity contribution in [2.24, 2.45) is 0 Å². The van der Waals surface area contributed by atoms with E-state index < -0.39 is 5.82 Å². The second-order valence-corrected chi connectivity index (χ2v) is 8.55. The Balaban J connectivity index is 1.52. The van der Waals surface area contributed by atoms with Crippen molar-refractivity contribution in [3.05, 3.63) is 99.7 Å². The van der Waals surface area contributed by atoms with Gasteiger partial charge in [0.1, 0.15) is 18.2 Å². The number of thiocarbonyl (C=S) groups is 1. The van der Waals surface area contributed by atoms with E-state index in [1.807, 2.05) is 54.6 Å². The van der Waals surface area contributed by atoms with E-state index in [2.05, 4.69) is 0 Å². The molecule has 7 heteroatoms. The normalized spacial score (nSPS) is 15.1. The van der Waals surface area contributed by atoms with Gasteiger partial charge in [-0.2, -0.15) is 0 Å². The van der Waals surface area contributed by atoms with Crippen molar-refractivity contribution < 1.29 is 13.9 Å². The highest BCUT2D eigenvalue weighted by Gasteiger charge is 2.33. The van der Waals surface area contributed by atoms with Crippen molar-refractivity contribution in [2.45, 2.75) is 6.61 Å². The third-order valence-corrected chi connectivity index (χ3v) is 5.95. The number of benzene rings is 3. The van der Waals surface area contributed by atoms with Crippen LogP contribution >= 0.6 is 35.6 Å². The Labute approximate surface area is 188 Å². The van der Waals surface area contributed by atoms with Gasteiger partial charge < -0.3 is 4.74 Å². The molecule has 0 N–H and O–H groups in total. The molecule has 1 saturated heterocycles. The quantitative estimate of drug-likeness (QED) is 0.326. The van der Waals surface area contributed by atoms with E-state index in [9.17, 15) is 9.18 Å². The zero-order valence-electron chi connectivity index (χ0n) is 15.5. The molecule has 1 fully saturated rings. The summed E-state index contributed by atoms with van der Waals surface area (Å²) in [7, 11) is 0. The highest BCUT2D eigenvalue weighted by Crippen LogP contribution is 2.37. The number of ether oxygens (including phenoxy) is 1. The number of amides is 1. The molecule has 0 spiro atoms. The SMILES string of the molecule is O=C1/C(=C\c2cccc(OCc3ccccc3)c2)SC(=S)N1c1ccc(F)c(Cl)c1. The van der Waals surface area contributed by atoms with E-state index in [0.717, 1.165) is 11.1 Å². The van der Waals surface area contributed by atoms with Crippen LogP contribution in [0.15, 0.2) is 77.7 Å². The van der Waals surface area contributed by atoms with Crippen molar-refractivity contribution in [3.8, 4) is 5.75 Å². The minimum absolute atomic E-state index is 0.0613. The molecule has 1 aliphatic heterocycles. The van der Waals surface area contributed by atoms with Gasteiger partial charge in [-0.15, -0.1) is 0 Å². The molecule has 3 nitrogen and oxygen atoms in total. The molecule has 150 valence electrons. The lowest BCUT2D eigenvalue weighted by atomic mass is 10.2. The summed E-state index contributed by atoms with van der Waals surface area (Å²) >= 11 is 12.4. The zero-order valence-corrected chi connectivity index (χ0v) is 17.9. The van der Waals surface area contributed by atoms with Crippen LogP contribution in [0.3, 0.4) is 0 Å². The summed E-state index contributed by atoms with van der Waals surface area (Å²) in [4.78, 5) is 14.7. The fourth-order valence-corrected chi connectivity index (χ4v) is 4.37. The number of halogens is 2. The van der Waals surface area contributed by atoms with Crippen molar-refractivity contribution in [1.82, 2.24) is 0 Å². The number of nitrogens with zero attached hydrogens (tertiary/aromatic N) is 1. The number of hydrogen-bond acceptors (Lipinski definition) is 4. The molecule has 30 heavy (non-hydrogen) atoms. The summed E-state index contributed by atoms with van der Waals surface area (Å²) in [6.45, 7) is 0.456. The molecule has 1 amide bonds. The molecule has 0 bridgehead atoms. The van der Waals surface area contributed by atoms with Gasteiger partial charge in [0.2, 0.25) is 0 Å². The molecule has 3 aromatic carbocycles. The van der Waals surface area contributed by atoms with Gasteiger partial charge in [-0.25, -0.2) is 4.39 Å². The van der Waals surface area contributed by atoms with E-state index in [-0.39, 0.29) is 10.9 Å². The maximum Gasteiger partial charge on any atom is 0.270 e. The molecule has 0 aliphatic carbocycles. The molecule has 1 heterocycles. The lowest BCUT2D eigenvalue weighted by molar-refractivity contribution is -0.113. The van der Waals surface area contributed by atoms with Crippen molar-refractivity contribution >= 4 is 57.6 Å². The number of carbonyl (C=O) groups excluding carboxylic acids is 1. The van der Waals surface area contributed by atoms with Gasteiger partial charge in [-0.05, 0) is 47.5 Å². The van der Waals surface area contributed by atoms with Gasteiger partial charge in [-0.3, -0.25) is 9.69 Å². The maximum absolute atomic E-state index is 13.5.